The lowest BCUT2D eigenvalue weighted by Crippen LogP contribution is -2.33. The van der Waals surface area contributed by atoms with E-state index in [-0.39, 0.29) is 35.9 Å². The van der Waals surface area contributed by atoms with E-state index < -0.39 is 21.2 Å². The zero-order chi connectivity index (χ0) is 27.2. The summed E-state index contributed by atoms with van der Waals surface area (Å²) in [5.41, 5.74) is 0. The minimum absolute atomic E-state index is 0.0871. The van der Waals surface area contributed by atoms with Crippen LogP contribution in [0, 0.1) is 0 Å². The lowest BCUT2D eigenvalue weighted by Gasteiger charge is -2.26. The maximum atomic E-state index is 13.8. The number of nitrogens with zero attached hydrogens (tertiary/aromatic N) is 5. The van der Waals surface area contributed by atoms with Gasteiger partial charge in [-0.3, -0.25) is 0 Å². The fourth-order valence-corrected chi connectivity index (χ4v) is 5.76. The highest BCUT2D eigenvalue weighted by atomic mass is 32.2. The van der Waals surface area contributed by atoms with Crippen LogP contribution in [-0.2, 0) is 34.5 Å². The molecule has 1 aliphatic heterocycles. The second kappa shape index (κ2) is 13.1. The largest absolute Gasteiger partial charge is 0.494 e. The third kappa shape index (κ3) is 7.23. The zero-order valence-corrected chi connectivity index (χ0v) is 23.5. The Morgan fingerprint density at radius 3 is 2.22 bits per heavy atom. The van der Waals surface area contributed by atoms with E-state index in [4.69, 9.17) is 23.7 Å². The van der Waals surface area contributed by atoms with Crippen LogP contribution in [0.4, 0.5) is 0 Å². The number of hydrogen-bond donors (Lipinski definition) is 0. The number of sulfone groups is 1. The Morgan fingerprint density at radius 2 is 1.70 bits per heavy atom. The van der Waals surface area contributed by atoms with Crippen LogP contribution in [0.15, 0.2) is 12.4 Å². The molecule has 0 N–H and O–H groups in total. The first-order chi connectivity index (χ1) is 17.6. The van der Waals surface area contributed by atoms with Crippen molar-refractivity contribution < 1.29 is 32.1 Å². The van der Waals surface area contributed by atoms with Gasteiger partial charge in [0.25, 0.3) is 0 Å². The normalized spacial score (nSPS) is 20.0. The molecule has 0 unspecified atom stereocenters. The Bertz CT molecular complexity index is 1090. The van der Waals surface area contributed by atoms with Crippen molar-refractivity contribution in [1.29, 1.82) is 0 Å². The maximum Gasteiger partial charge on any atom is 0.163 e. The van der Waals surface area contributed by atoms with Crippen molar-refractivity contribution in [3.63, 3.8) is 0 Å². The smallest absolute Gasteiger partial charge is 0.163 e. The second-order valence-electron chi connectivity index (χ2n) is 9.52. The average molecular weight is 542 g/mol. The standard InChI is InChI=1S/C24H39N5O7S/c1-15(2)35-22(23-25-10-19(34-7)11-26-23)17(4)37(30,31)14-21-27-28-24(20-9-8-16(3)36-20)29(21)18(12-32-5)13-33-6/h10-11,15-18,20,22H,8-9,12-14H2,1-7H3/t16-,17-,20-,22+/m0/s1. The molecule has 0 bridgehead atoms. The molecule has 3 heterocycles. The van der Waals surface area contributed by atoms with Crippen LogP contribution < -0.4 is 4.74 Å². The molecule has 3 rings (SSSR count). The molecule has 0 aromatic carbocycles. The Balaban J connectivity index is 1.96. The van der Waals surface area contributed by atoms with E-state index in [2.05, 4.69) is 20.2 Å². The summed E-state index contributed by atoms with van der Waals surface area (Å²) in [6, 6.07) is -0.326. The molecule has 0 saturated carbocycles. The predicted octanol–water partition coefficient (Wildman–Crippen LogP) is 2.62. The van der Waals surface area contributed by atoms with E-state index >= 15 is 0 Å². The highest BCUT2D eigenvalue weighted by molar-refractivity contribution is 7.91. The summed E-state index contributed by atoms with van der Waals surface area (Å²) in [6.45, 7) is 7.86. The van der Waals surface area contributed by atoms with Crippen molar-refractivity contribution in [2.45, 2.75) is 82.0 Å². The van der Waals surface area contributed by atoms with Gasteiger partial charge in [0, 0.05) is 14.2 Å². The fraction of sp³-hybridized carbons (Fsp3) is 0.750. The number of methoxy groups -OCH3 is 3. The summed E-state index contributed by atoms with van der Waals surface area (Å²) in [4.78, 5) is 8.59. The van der Waals surface area contributed by atoms with E-state index in [0.29, 0.717) is 30.6 Å². The Morgan fingerprint density at radius 1 is 1.05 bits per heavy atom. The van der Waals surface area contributed by atoms with E-state index in [1.807, 2.05) is 25.3 Å². The van der Waals surface area contributed by atoms with Gasteiger partial charge in [0.1, 0.15) is 23.8 Å². The predicted molar refractivity (Wildman–Crippen MR) is 135 cm³/mol. The summed E-state index contributed by atoms with van der Waals surface area (Å²) >= 11 is 0. The molecule has 2 aromatic heterocycles. The number of rotatable bonds is 14. The van der Waals surface area contributed by atoms with Gasteiger partial charge in [0.15, 0.2) is 27.2 Å². The van der Waals surface area contributed by atoms with Crippen molar-refractivity contribution in [3.05, 3.63) is 29.9 Å². The minimum Gasteiger partial charge on any atom is -0.494 e. The lowest BCUT2D eigenvalue weighted by atomic mass is 10.2. The monoisotopic (exact) mass is 541 g/mol. The Hall–Kier alpha value is -2.19. The van der Waals surface area contributed by atoms with Crippen LogP contribution in [0.2, 0.25) is 0 Å². The van der Waals surface area contributed by atoms with Crippen LogP contribution in [0.3, 0.4) is 0 Å². The quantitative estimate of drug-likeness (QED) is 0.349. The highest BCUT2D eigenvalue weighted by Crippen LogP contribution is 2.34. The van der Waals surface area contributed by atoms with Crippen LogP contribution in [0.1, 0.15) is 76.3 Å². The molecule has 37 heavy (non-hydrogen) atoms. The molecule has 0 amide bonds. The highest BCUT2D eigenvalue weighted by Gasteiger charge is 2.37. The Labute approximate surface area is 219 Å². The van der Waals surface area contributed by atoms with Gasteiger partial charge in [0.05, 0.1) is 56.2 Å². The second-order valence-corrected chi connectivity index (χ2v) is 11.9. The fourth-order valence-electron chi connectivity index (χ4n) is 4.38. The molecule has 2 aromatic rings. The number of aromatic nitrogens is 5. The molecule has 0 aliphatic carbocycles. The van der Waals surface area contributed by atoms with Gasteiger partial charge in [-0.25, -0.2) is 18.4 Å². The molecule has 13 heteroatoms. The molecule has 0 radical (unpaired) electrons. The van der Waals surface area contributed by atoms with Gasteiger partial charge in [-0.2, -0.15) is 0 Å². The van der Waals surface area contributed by atoms with Crippen molar-refractivity contribution in [1.82, 2.24) is 24.7 Å². The number of ether oxygens (including phenoxy) is 5. The van der Waals surface area contributed by atoms with Gasteiger partial charge >= 0.3 is 0 Å². The average Bonchev–Trinajstić information content (AvgIpc) is 3.47. The van der Waals surface area contributed by atoms with Gasteiger partial charge in [-0.05, 0) is 40.5 Å². The Kier molecular flexibility index (Phi) is 10.4. The van der Waals surface area contributed by atoms with Crippen molar-refractivity contribution >= 4 is 9.84 Å². The van der Waals surface area contributed by atoms with Crippen molar-refractivity contribution in [3.8, 4) is 5.75 Å². The third-order valence-corrected chi connectivity index (χ3v) is 8.32. The van der Waals surface area contributed by atoms with Crippen LogP contribution >= 0.6 is 0 Å². The molecular weight excluding hydrogens is 502 g/mol. The van der Waals surface area contributed by atoms with Crippen LogP contribution in [-0.4, -0.2) is 85.2 Å². The van der Waals surface area contributed by atoms with Crippen molar-refractivity contribution in [2.24, 2.45) is 0 Å². The summed E-state index contributed by atoms with van der Waals surface area (Å²) in [6.07, 6.45) is 3.30. The van der Waals surface area contributed by atoms with Gasteiger partial charge in [-0.1, -0.05) is 0 Å². The van der Waals surface area contributed by atoms with Crippen molar-refractivity contribution in [2.75, 3.05) is 34.5 Å². The molecule has 1 aliphatic rings. The third-order valence-electron chi connectivity index (χ3n) is 6.28. The van der Waals surface area contributed by atoms with E-state index in [1.54, 1.807) is 21.1 Å². The first-order valence-electron chi connectivity index (χ1n) is 12.4. The summed E-state index contributed by atoms with van der Waals surface area (Å²) in [5.74, 6) is 1.24. The lowest BCUT2D eigenvalue weighted by molar-refractivity contribution is 0.00135. The first-order valence-corrected chi connectivity index (χ1v) is 14.1. The SMILES string of the molecule is COCC(COC)n1c(CS(=O)(=O)[C@@H](C)[C@@H](OC(C)C)c2ncc(OC)cn2)nnc1[C@@H]1CC[C@H](C)O1. The first kappa shape index (κ1) is 29.4. The van der Waals surface area contributed by atoms with E-state index in [1.165, 1.54) is 19.5 Å². The maximum absolute atomic E-state index is 13.8. The van der Waals surface area contributed by atoms with E-state index in [0.717, 1.165) is 12.8 Å². The molecule has 12 nitrogen and oxygen atoms in total. The molecule has 208 valence electrons. The van der Waals surface area contributed by atoms with Crippen LogP contribution in [0.5, 0.6) is 5.75 Å². The molecule has 4 atom stereocenters. The molecule has 1 fully saturated rings. The minimum atomic E-state index is -3.81. The van der Waals surface area contributed by atoms with E-state index in [9.17, 15) is 8.42 Å². The molecular formula is C24H39N5O7S. The zero-order valence-electron chi connectivity index (χ0n) is 22.7. The van der Waals surface area contributed by atoms with Gasteiger partial charge in [-0.15, -0.1) is 10.2 Å². The van der Waals surface area contributed by atoms with Gasteiger partial charge < -0.3 is 28.3 Å². The summed E-state index contributed by atoms with van der Waals surface area (Å²) in [5, 5.41) is 7.71. The summed E-state index contributed by atoms with van der Waals surface area (Å²) < 4.78 is 57.3. The van der Waals surface area contributed by atoms with Crippen LogP contribution in [0.25, 0.3) is 0 Å². The molecule has 0 spiro atoms. The number of hydrogen-bond acceptors (Lipinski definition) is 11. The van der Waals surface area contributed by atoms with Gasteiger partial charge in [0.2, 0.25) is 0 Å². The topological polar surface area (TPSA) is 137 Å². The summed E-state index contributed by atoms with van der Waals surface area (Å²) in [7, 11) is 0.869. The molecule has 1 saturated heterocycles.